The minimum atomic E-state index is 0.536. The molecule has 0 aliphatic rings. The highest BCUT2D eigenvalue weighted by atomic mass is 79.9. The summed E-state index contributed by atoms with van der Waals surface area (Å²) in [5, 5.41) is 3.19. The van der Waals surface area contributed by atoms with Crippen LogP contribution in [0.1, 0.15) is 18.7 Å². The van der Waals surface area contributed by atoms with Crippen molar-refractivity contribution in [2.45, 2.75) is 20.3 Å². The molecule has 0 aliphatic heterocycles. The maximum Gasteiger partial charge on any atom is 0.205 e. The zero-order chi connectivity index (χ0) is 12.7. The van der Waals surface area contributed by atoms with E-state index in [-0.39, 0.29) is 0 Å². The van der Waals surface area contributed by atoms with Crippen molar-refractivity contribution >= 4 is 33.2 Å². The first-order chi connectivity index (χ1) is 8.11. The molecule has 0 fully saturated rings. The molecule has 0 aromatic carbocycles. The van der Waals surface area contributed by atoms with Crippen LogP contribution in [0.2, 0.25) is 0 Å². The molecule has 6 heteroatoms. The van der Waals surface area contributed by atoms with Crippen LogP contribution in [-0.2, 0) is 6.42 Å². The number of nitrogens with zero attached hydrogens (tertiary/aromatic N) is 1. The summed E-state index contributed by atoms with van der Waals surface area (Å²) in [6.07, 6.45) is 0.971. The summed E-state index contributed by atoms with van der Waals surface area (Å²) in [4.78, 5) is 5.68. The van der Waals surface area contributed by atoms with Gasteiger partial charge in [0.2, 0.25) is 5.96 Å². The van der Waals surface area contributed by atoms with Gasteiger partial charge in [-0.05, 0) is 40.4 Å². The van der Waals surface area contributed by atoms with Crippen molar-refractivity contribution in [2.75, 3.05) is 13.1 Å². The third kappa shape index (κ3) is 6.05. The van der Waals surface area contributed by atoms with Gasteiger partial charge in [-0.25, -0.2) is 5.84 Å². The van der Waals surface area contributed by atoms with Gasteiger partial charge in [0, 0.05) is 18.0 Å². The second-order valence-corrected chi connectivity index (χ2v) is 6.66. The summed E-state index contributed by atoms with van der Waals surface area (Å²) in [7, 11) is 0. The lowest BCUT2D eigenvalue weighted by atomic mass is 10.2. The van der Waals surface area contributed by atoms with Crippen molar-refractivity contribution in [2.24, 2.45) is 16.8 Å². The second-order valence-electron chi connectivity index (χ2n) is 4.11. The average Bonchev–Trinajstić information content (AvgIpc) is 2.69. The highest BCUT2D eigenvalue weighted by Crippen LogP contribution is 2.21. The van der Waals surface area contributed by atoms with Crippen LogP contribution in [0, 0.1) is 5.92 Å². The Bertz CT molecular complexity index is 362. The first-order valence-electron chi connectivity index (χ1n) is 5.61. The van der Waals surface area contributed by atoms with E-state index in [4.69, 9.17) is 5.84 Å². The van der Waals surface area contributed by atoms with E-state index < -0.39 is 0 Å². The Morgan fingerprint density at radius 3 is 2.82 bits per heavy atom. The van der Waals surface area contributed by atoms with Gasteiger partial charge in [-0.15, -0.1) is 11.3 Å². The molecule has 0 aliphatic carbocycles. The third-order valence-corrected chi connectivity index (χ3v) is 3.73. The number of nitrogens with two attached hydrogens (primary N) is 1. The fourth-order valence-corrected chi connectivity index (χ4v) is 2.70. The fraction of sp³-hybridized carbons (Fsp3) is 0.545. The number of hydrogen-bond donors (Lipinski definition) is 3. The smallest absolute Gasteiger partial charge is 0.205 e. The molecule has 0 radical (unpaired) electrons. The molecular formula is C11H19BrN4S. The molecular weight excluding hydrogens is 300 g/mol. The maximum atomic E-state index is 5.39. The van der Waals surface area contributed by atoms with Crippen LogP contribution in [0.15, 0.2) is 20.9 Å². The molecule has 1 aromatic rings. The molecule has 0 saturated heterocycles. The van der Waals surface area contributed by atoms with Crippen LogP contribution in [0.25, 0.3) is 0 Å². The lowest BCUT2D eigenvalue weighted by molar-refractivity contribution is 0.657. The zero-order valence-electron chi connectivity index (χ0n) is 10.2. The summed E-state index contributed by atoms with van der Waals surface area (Å²) < 4.78 is 1.16. The van der Waals surface area contributed by atoms with Gasteiger partial charge >= 0.3 is 0 Å². The van der Waals surface area contributed by atoms with E-state index in [0.717, 1.165) is 23.3 Å². The Hall–Kier alpha value is -0.590. The van der Waals surface area contributed by atoms with E-state index in [9.17, 15) is 0 Å². The molecule has 4 nitrogen and oxygen atoms in total. The second kappa shape index (κ2) is 7.68. The van der Waals surface area contributed by atoms with Gasteiger partial charge in [-0.3, -0.25) is 10.4 Å². The van der Waals surface area contributed by atoms with E-state index in [1.807, 2.05) is 0 Å². The zero-order valence-corrected chi connectivity index (χ0v) is 12.6. The molecule has 0 saturated carbocycles. The Morgan fingerprint density at radius 1 is 1.53 bits per heavy atom. The lowest BCUT2D eigenvalue weighted by Gasteiger charge is -2.09. The van der Waals surface area contributed by atoms with E-state index in [0.29, 0.717) is 11.9 Å². The van der Waals surface area contributed by atoms with Crippen molar-refractivity contribution in [1.29, 1.82) is 0 Å². The van der Waals surface area contributed by atoms with Crippen molar-refractivity contribution in [1.82, 2.24) is 10.7 Å². The SMILES string of the molecule is CC(C)CN=C(NN)NCCc1ccc(Br)s1. The number of aliphatic imine (C=N–C) groups is 1. The molecule has 0 unspecified atom stereocenters. The fourth-order valence-electron chi connectivity index (χ4n) is 1.22. The van der Waals surface area contributed by atoms with Crippen LogP contribution in [0.4, 0.5) is 0 Å². The summed E-state index contributed by atoms with van der Waals surface area (Å²) >= 11 is 5.20. The van der Waals surface area contributed by atoms with Gasteiger partial charge in [0.15, 0.2) is 0 Å². The first-order valence-corrected chi connectivity index (χ1v) is 7.22. The van der Waals surface area contributed by atoms with Crippen LogP contribution in [0.5, 0.6) is 0 Å². The predicted octanol–water partition coefficient (Wildman–Crippen LogP) is 2.12. The minimum absolute atomic E-state index is 0.536. The van der Waals surface area contributed by atoms with Crippen molar-refractivity contribution in [3.63, 3.8) is 0 Å². The summed E-state index contributed by atoms with van der Waals surface area (Å²) in [5.74, 6) is 6.59. The summed E-state index contributed by atoms with van der Waals surface area (Å²) in [5.41, 5.74) is 2.58. The van der Waals surface area contributed by atoms with Crippen molar-refractivity contribution in [3.8, 4) is 0 Å². The Morgan fingerprint density at radius 2 is 2.29 bits per heavy atom. The van der Waals surface area contributed by atoms with Gasteiger partial charge in [-0.1, -0.05) is 13.8 Å². The Kier molecular flexibility index (Phi) is 6.54. The van der Waals surface area contributed by atoms with Crippen LogP contribution in [0.3, 0.4) is 0 Å². The highest BCUT2D eigenvalue weighted by Gasteiger charge is 2.00. The normalized spacial score (nSPS) is 11.9. The molecule has 17 heavy (non-hydrogen) atoms. The molecule has 0 bridgehead atoms. The van der Waals surface area contributed by atoms with Crippen molar-refractivity contribution in [3.05, 3.63) is 20.8 Å². The van der Waals surface area contributed by atoms with Crippen LogP contribution >= 0.6 is 27.3 Å². The third-order valence-electron chi connectivity index (χ3n) is 2.04. The minimum Gasteiger partial charge on any atom is -0.355 e. The monoisotopic (exact) mass is 318 g/mol. The van der Waals surface area contributed by atoms with Gasteiger partial charge in [0.25, 0.3) is 0 Å². The molecule has 0 amide bonds. The molecule has 96 valence electrons. The number of nitrogens with one attached hydrogen (secondary N) is 2. The Balaban J connectivity index is 2.30. The number of hydrazine groups is 1. The lowest BCUT2D eigenvalue weighted by Crippen LogP contribution is -2.42. The number of rotatable bonds is 5. The van der Waals surface area contributed by atoms with Crippen LogP contribution in [-0.4, -0.2) is 19.0 Å². The van der Waals surface area contributed by atoms with Crippen molar-refractivity contribution < 1.29 is 0 Å². The topological polar surface area (TPSA) is 62.4 Å². The molecule has 4 N–H and O–H groups in total. The molecule has 1 aromatic heterocycles. The van der Waals surface area contributed by atoms with E-state index in [1.165, 1.54) is 4.88 Å². The number of thiophene rings is 1. The van der Waals surface area contributed by atoms with E-state index in [2.05, 4.69) is 57.6 Å². The highest BCUT2D eigenvalue weighted by molar-refractivity contribution is 9.11. The first kappa shape index (κ1) is 14.5. The van der Waals surface area contributed by atoms with Gasteiger partial charge in [0.1, 0.15) is 0 Å². The number of hydrogen-bond acceptors (Lipinski definition) is 3. The Labute approximate surface area is 115 Å². The molecule has 0 atom stereocenters. The van der Waals surface area contributed by atoms with Gasteiger partial charge in [-0.2, -0.15) is 0 Å². The van der Waals surface area contributed by atoms with Gasteiger partial charge < -0.3 is 5.32 Å². The van der Waals surface area contributed by atoms with E-state index >= 15 is 0 Å². The quantitative estimate of drug-likeness (QED) is 0.337. The summed E-state index contributed by atoms with van der Waals surface area (Å²) in [6.45, 7) is 5.85. The molecule has 1 heterocycles. The van der Waals surface area contributed by atoms with Gasteiger partial charge in [0.05, 0.1) is 3.79 Å². The average molecular weight is 319 g/mol. The number of guanidine groups is 1. The predicted molar refractivity (Wildman–Crippen MR) is 78.2 cm³/mol. The van der Waals surface area contributed by atoms with E-state index in [1.54, 1.807) is 11.3 Å². The standard InChI is InChI=1S/C11H19BrN4S/c1-8(2)7-15-11(16-13)14-6-5-9-3-4-10(12)17-9/h3-4,8H,5-7,13H2,1-2H3,(H2,14,15,16). The number of halogens is 1. The summed E-state index contributed by atoms with van der Waals surface area (Å²) in [6, 6.07) is 4.19. The molecule has 0 spiro atoms. The largest absolute Gasteiger partial charge is 0.355 e. The molecule has 1 rings (SSSR count). The maximum absolute atomic E-state index is 5.39. The van der Waals surface area contributed by atoms with Crippen LogP contribution < -0.4 is 16.6 Å².